The Bertz CT molecular complexity index is 613. The molecule has 2 rings (SSSR count). The fourth-order valence-electron chi connectivity index (χ4n) is 3.33. The minimum atomic E-state index is -4.51. The molecule has 0 radical (unpaired) electrons. The van der Waals surface area contributed by atoms with Gasteiger partial charge in [-0.1, -0.05) is 56.5 Å². The smallest absolute Gasteiger partial charge is 0.405 e. The lowest BCUT2D eigenvalue weighted by atomic mass is 9.73. The van der Waals surface area contributed by atoms with Crippen molar-refractivity contribution in [1.82, 2.24) is 4.67 Å². The summed E-state index contributed by atoms with van der Waals surface area (Å²) < 4.78 is 17.2. The number of ether oxygens (including phenoxy) is 1. The molecule has 7 nitrogen and oxygen atoms in total. The number of carbonyl (C=O) groups excluding carboxylic acids is 1. The summed E-state index contributed by atoms with van der Waals surface area (Å²) in [6, 6.07) is 8.63. The van der Waals surface area contributed by atoms with Gasteiger partial charge in [-0.15, -0.1) is 0 Å². The van der Waals surface area contributed by atoms with Gasteiger partial charge in [-0.3, -0.25) is 0 Å². The van der Waals surface area contributed by atoms with Crippen molar-refractivity contribution in [2.24, 2.45) is 5.92 Å². The Hall–Kier alpha value is -1.24. The van der Waals surface area contributed by atoms with Crippen LogP contribution in [0.3, 0.4) is 0 Å². The van der Waals surface area contributed by atoms with Crippen LogP contribution in [0.25, 0.3) is 0 Å². The van der Waals surface area contributed by atoms with E-state index >= 15 is 0 Å². The van der Waals surface area contributed by atoms with E-state index in [0.29, 0.717) is 18.4 Å². The highest BCUT2D eigenvalue weighted by Gasteiger charge is 2.47. The van der Waals surface area contributed by atoms with E-state index in [4.69, 9.17) is 4.74 Å². The highest BCUT2D eigenvalue weighted by Crippen LogP contribution is 2.42. The Balaban J connectivity index is 2.23. The van der Waals surface area contributed by atoms with Crippen LogP contribution in [-0.4, -0.2) is 38.8 Å². The topological polar surface area (TPSA) is 107 Å². The Morgan fingerprint density at radius 1 is 1.24 bits per heavy atom. The van der Waals surface area contributed by atoms with E-state index in [1.54, 1.807) is 37.3 Å². The SMILES string of the molecule is CCN(COC(=O)C(O)(c1ccccc1)C1CCCCC1)P(=O)(O)O. The molecule has 140 valence electrons. The van der Waals surface area contributed by atoms with Gasteiger partial charge in [0, 0.05) is 12.5 Å². The molecule has 1 unspecified atom stereocenters. The van der Waals surface area contributed by atoms with Crippen LogP contribution in [0.4, 0.5) is 0 Å². The molecule has 0 aliphatic heterocycles. The molecular weight excluding hydrogens is 345 g/mol. The number of nitrogens with zero attached hydrogens (tertiary/aromatic N) is 1. The lowest BCUT2D eigenvalue weighted by molar-refractivity contribution is -0.178. The van der Waals surface area contributed by atoms with Crippen molar-refractivity contribution in [2.75, 3.05) is 13.3 Å². The van der Waals surface area contributed by atoms with Gasteiger partial charge in [-0.25, -0.2) is 9.36 Å². The molecule has 0 heterocycles. The van der Waals surface area contributed by atoms with Crippen molar-refractivity contribution in [2.45, 2.75) is 44.6 Å². The molecule has 0 aromatic heterocycles. The van der Waals surface area contributed by atoms with Crippen molar-refractivity contribution in [1.29, 1.82) is 0 Å². The molecule has 0 spiro atoms. The van der Waals surface area contributed by atoms with E-state index in [9.17, 15) is 24.3 Å². The van der Waals surface area contributed by atoms with Crippen LogP contribution in [0.1, 0.15) is 44.6 Å². The van der Waals surface area contributed by atoms with E-state index in [1.807, 2.05) is 0 Å². The first-order chi connectivity index (χ1) is 11.8. The molecule has 3 N–H and O–H groups in total. The van der Waals surface area contributed by atoms with E-state index in [1.165, 1.54) is 0 Å². The summed E-state index contributed by atoms with van der Waals surface area (Å²) in [6.07, 6.45) is 4.33. The summed E-state index contributed by atoms with van der Waals surface area (Å²) in [5.74, 6) is -1.14. The Morgan fingerprint density at radius 2 is 1.84 bits per heavy atom. The van der Waals surface area contributed by atoms with Crippen LogP contribution in [0.5, 0.6) is 0 Å². The third-order valence-corrected chi connectivity index (χ3v) is 5.93. The van der Waals surface area contributed by atoms with Gasteiger partial charge in [0.1, 0.15) is 0 Å². The zero-order valence-electron chi connectivity index (χ0n) is 14.4. The molecule has 1 atom stereocenters. The lowest BCUT2D eigenvalue weighted by Crippen LogP contribution is -2.46. The maximum Gasteiger partial charge on any atom is 0.405 e. The molecule has 0 saturated heterocycles. The third kappa shape index (κ3) is 4.68. The number of aliphatic hydroxyl groups is 1. The standard InChI is InChI=1S/C17H26NO6P/c1-2-18(25(21,22)23)13-24-16(19)17(20,14-9-5-3-6-10-14)15-11-7-4-8-12-15/h3,5-6,9-10,15,20H,2,4,7-8,11-13H2,1H3,(H2,21,22,23). The van der Waals surface area contributed by atoms with Gasteiger partial charge < -0.3 is 19.6 Å². The summed E-state index contributed by atoms with van der Waals surface area (Å²) in [5.41, 5.74) is -1.36. The molecule has 8 heteroatoms. The first-order valence-electron chi connectivity index (χ1n) is 8.56. The zero-order valence-corrected chi connectivity index (χ0v) is 15.3. The maximum atomic E-state index is 12.8. The second-order valence-corrected chi connectivity index (χ2v) is 7.96. The van der Waals surface area contributed by atoms with Crippen molar-refractivity contribution in [3.05, 3.63) is 35.9 Å². The lowest BCUT2D eigenvalue weighted by Gasteiger charge is -2.37. The Kier molecular flexibility index (Phi) is 6.77. The van der Waals surface area contributed by atoms with Crippen molar-refractivity contribution >= 4 is 13.7 Å². The fourth-order valence-corrected chi connectivity index (χ4v) is 3.90. The predicted octanol–water partition coefficient (Wildman–Crippen LogP) is 2.37. The van der Waals surface area contributed by atoms with Crippen molar-refractivity contribution in [3.8, 4) is 0 Å². The molecule has 1 saturated carbocycles. The largest absolute Gasteiger partial charge is 0.447 e. The quantitative estimate of drug-likeness (QED) is 0.384. The molecule has 1 aliphatic rings. The maximum absolute atomic E-state index is 12.8. The molecule has 1 fully saturated rings. The molecule has 1 aromatic rings. The van der Waals surface area contributed by atoms with Gasteiger partial charge >= 0.3 is 13.7 Å². The number of hydrogen-bond donors (Lipinski definition) is 3. The number of benzene rings is 1. The Labute approximate surface area is 147 Å². The van der Waals surface area contributed by atoms with Gasteiger partial charge in [0.25, 0.3) is 0 Å². The molecule has 25 heavy (non-hydrogen) atoms. The van der Waals surface area contributed by atoms with Gasteiger partial charge in [0.15, 0.2) is 12.3 Å². The number of esters is 1. The van der Waals surface area contributed by atoms with Gasteiger partial charge in [0.05, 0.1) is 0 Å². The molecule has 1 aliphatic carbocycles. The van der Waals surface area contributed by atoms with Crippen LogP contribution in [-0.2, 0) is 19.7 Å². The van der Waals surface area contributed by atoms with Crippen molar-refractivity contribution < 1.29 is 29.0 Å². The molecule has 0 amide bonds. The summed E-state index contributed by atoms with van der Waals surface area (Å²) in [7, 11) is -4.51. The number of rotatable bonds is 7. The summed E-state index contributed by atoms with van der Waals surface area (Å²) >= 11 is 0. The van der Waals surface area contributed by atoms with E-state index in [2.05, 4.69) is 0 Å². The highest BCUT2D eigenvalue weighted by atomic mass is 31.2. The zero-order chi connectivity index (χ0) is 18.5. The van der Waals surface area contributed by atoms with Crippen LogP contribution in [0.2, 0.25) is 0 Å². The first-order valence-corrected chi connectivity index (χ1v) is 10.1. The summed E-state index contributed by atoms with van der Waals surface area (Å²) in [5, 5.41) is 11.3. The molecular formula is C17H26NO6P. The Morgan fingerprint density at radius 3 is 2.36 bits per heavy atom. The average Bonchev–Trinajstić information content (AvgIpc) is 2.61. The fraction of sp³-hybridized carbons (Fsp3) is 0.588. The summed E-state index contributed by atoms with van der Waals surface area (Å²) in [4.78, 5) is 31.2. The van der Waals surface area contributed by atoms with Gasteiger partial charge in [-0.05, 0) is 18.4 Å². The van der Waals surface area contributed by atoms with Crippen LogP contribution in [0, 0.1) is 5.92 Å². The third-order valence-electron chi connectivity index (χ3n) is 4.80. The van der Waals surface area contributed by atoms with Crippen molar-refractivity contribution in [3.63, 3.8) is 0 Å². The van der Waals surface area contributed by atoms with Crippen LogP contribution >= 0.6 is 7.75 Å². The normalized spacial score (nSPS) is 18.8. The number of hydrogen-bond acceptors (Lipinski definition) is 4. The van der Waals surface area contributed by atoms with E-state index < -0.39 is 26.0 Å². The van der Waals surface area contributed by atoms with E-state index in [-0.39, 0.29) is 12.5 Å². The minimum absolute atomic E-state index is 0.0186. The van der Waals surface area contributed by atoms with Crippen LogP contribution < -0.4 is 0 Å². The second-order valence-electron chi connectivity index (χ2n) is 6.36. The minimum Gasteiger partial charge on any atom is -0.447 e. The van der Waals surface area contributed by atoms with Crippen LogP contribution in [0.15, 0.2) is 30.3 Å². The number of carbonyl (C=O) groups is 1. The van der Waals surface area contributed by atoms with Gasteiger partial charge in [-0.2, -0.15) is 4.67 Å². The van der Waals surface area contributed by atoms with Gasteiger partial charge in [0.2, 0.25) is 0 Å². The predicted molar refractivity (Wildman–Crippen MR) is 92.3 cm³/mol. The van der Waals surface area contributed by atoms with E-state index in [0.717, 1.165) is 23.9 Å². The second kappa shape index (κ2) is 8.43. The monoisotopic (exact) mass is 371 g/mol. The first kappa shape index (κ1) is 20.1. The average molecular weight is 371 g/mol. The molecule has 1 aromatic carbocycles. The molecule has 0 bridgehead atoms. The highest BCUT2D eigenvalue weighted by molar-refractivity contribution is 7.49. The summed E-state index contributed by atoms with van der Waals surface area (Å²) in [6.45, 7) is 1.00.